The number of oxime groups is 1. The second-order valence-electron chi connectivity index (χ2n) is 5.63. The first kappa shape index (κ1) is 16.0. The van der Waals surface area contributed by atoms with E-state index in [0.29, 0.717) is 19.4 Å². The van der Waals surface area contributed by atoms with Gasteiger partial charge in [-0.3, -0.25) is 4.79 Å². The Balaban J connectivity index is 2.41. The zero-order valence-corrected chi connectivity index (χ0v) is 12.3. The van der Waals surface area contributed by atoms with Crippen LogP contribution in [0.25, 0.3) is 0 Å². The van der Waals surface area contributed by atoms with E-state index in [1.54, 1.807) is 0 Å². The lowest BCUT2D eigenvalue weighted by Gasteiger charge is -2.23. The summed E-state index contributed by atoms with van der Waals surface area (Å²) in [7, 11) is 0. The van der Waals surface area contributed by atoms with Crippen molar-refractivity contribution < 1.29 is 10.0 Å². The Kier molecular flexibility index (Phi) is 5.55. The Labute approximate surface area is 119 Å². The average Bonchev–Trinajstić information content (AvgIpc) is 2.42. The maximum absolute atomic E-state index is 11.8. The monoisotopic (exact) mass is 277 g/mol. The Morgan fingerprint density at radius 1 is 1.45 bits per heavy atom. The summed E-state index contributed by atoms with van der Waals surface area (Å²) in [5, 5.41) is 14.5. The van der Waals surface area contributed by atoms with Crippen LogP contribution in [0.15, 0.2) is 29.4 Å². The van der Waals surface area contributed by atoms with Crippen LogP contribution in [-0.2, 0) is 11.2 Å². The number of aryl methyl sites for hydroxylation is 2. The lowest BCUT2D eigenvalue weighted by atomic mass is 9.92. The number of nitrogens with zero attached hydrogens (tertiary/aromatic N) is 1. The molecule has 4 N–H and O–H groups in total. The van der Waals surface area contributed by atoms with Crippen LogP contribution in [0.4, 0.5) is 0 Å². The number of rotatable bonds is 6. The first-order valence-electron chi connectivity index (χ1n) is 6.65. The van der Waals surface area contributed by atoms with E-state index in [1.807, 2.05) is 39.0 Å². The van der Waals surface area contributed by atoms with Gasteiger partial charge in [-0.15, -0.1) is 0 Å². The van der Waals surface area contributed by atoms with Gasteiger partial charge in [-0.1, -0.05) is 48.8 Å². The van der Waals surface area contributed by atoms with Gasteiger partial charge < -0.3 is 16.3 Å². The summed E-state index contributed by atoms with van der Waals surface area (Å²) < 4.78 is 0. The van der Waals surface area contributed by atoms with Gasteiger partial charge in [0.05, 0.1) is 0 Å². The molecule has 1 rings (SSSR count). The van der Waals surface area contributed by atoms with E-state index in [4.69, 9.17) is 10.9 Å². The lowest BCUT2D eigenvalue weighted by molar-refractivity contribution is -0.121. The van der Waals surface area contributed by atoms with E-state index in [0.717, 1.165) is 5.56 Å². The molecule has 0 spiro atoms. The number of nitrogens with two attached hydrogens (primary N) is 1. The first-order chi connectivity index (χ1) is 9.35. The van der Waals surface area contributed by atoms with E-state index >= 15 is 0 Å². The van der Waals surface area contributed by atoms with Gasteiger partial charge in [-0.05, 0) is 18.9 Å². The van der Waals surface area contributed by atoms with Gasteiger partial charge in [-0.2, -0.15) is 0 Å². The molecular formula is C15H23N3O2. The van der Waals surface area contributed by atoms with Gasteiger partial charge in [0.15, 0.2) is 0 Å². The maximum atomic E-state index is 11.8. The molecule has 0 unspecified atom stereocenters. The number of carbonyl (C=O) groups is 1. The molecule has 0 aliphatic rings. The van der Waals surface area contributed by atoms with Crippen molar-refractivity contribution in [2.45, 2.75) is 33.6 Å². The molecule has 110 valence electrons. The van der Waals surface area contributed by atoms with Crippen LogP contribution in [0.5, 0.6) is 0 Å². The number of carbonyl (C=O) groups excluding carboxylic acids is 1. The molecule has 0 aliphatic carbocycles. The Morgan fingerprint density at radius 2 is 2.15 bits per heavy atom. The van der Waals surface area contributed by atoms with Crippen molar-refractivity contribution in [3.05, 3.63) is 35.4 Å². The zero-order valence-electron chi connectivity index (χ0n) is 12.3. The SMILES string of the molecule is Cc1cccc(CCC(=O)NCC(C)(C)/C(N)=N/O)c1. The van der Waals surface area contributed by atoms with Crippen molar-refractivity contribution in [3.63, 3.8) is 0 Å². The smallest absolute Gasteiger partial charge is 0.220 e. The van der Waals surface area contributed by atoms with Crippen LogP contribution in [0.1, 0.15) is 31.4 Å². The van der Waals surface area contributed by atoms with Crippen molar-refractivity contribution in [2.24, 2.45) is 16.3 Å². The van der Waals surface area contributed by atoms with Crippen molar-refractivity contribution in [2.75, 3.05) is 6.54 Å². The maximum Gasteiger partial charge on any atom is 0.220 e. The molecule has 0 fully saturated rings. The molecule has 0 bridgehead atoms. The second kappa shape index (κ2) is 6.93. The number of amides is 1. The number of nitrogens with one attached hydrogen (secondary N) is 1. The Hall–Kier alpha value is -2.04. The summed E-state index contributed by atoms with van der Waals surface area (Å²) >= 11 is 0. The molecule has 0 atom stereocenters. The highest BCUT2D eigenvalue weighted by Gasteiger charge is 2.24. The predicted octanol–water partition coefficient (Wildman–Crippen LogP) is 1.82. The lowest BCUT2D eigenvalue weighted by Crippen LogP contribution is -2.42. The van der Waals surface area contributed by atoms with Crippen LogP contribution >= 0.6 is 0 Å². The van der Waals surface area contributed by atoms with Gasteiger partial charge in [-0.25, -0.2) is 0 Å². The van der Waals surface area contributed by atoms with Crippen molar-refractivity contribution in [1.29, 1.82) is 0 Å². The average molecular weight is 277 g/mol. The minimum atomic E-state index is -0.562. The zero-order chi connectivity index (χ0) is 15.2. The van der Waals surface area contributed by atoms with Gasteiger partial charge in [0.1, 0.15) is 5.84 Å². The summed E-state index contributed by atoms with van der Waals surface area (Å²) in [5.74, 6) is 0.0711. The van der Waals surface area contributed by atoms with Gasteiger partial charge in [0.25, 0.3) is 0 Å². The Morgan fingerprint density at radius 3 is 2.75 bits per heavy atom. The minimum absolute atomic E-state index is 0.0367. The van der Waals surface area contributed by atoms with Crippen LogP contribution < -0.4 is 11.1 Å². The third kappa shape index (κ3) is 4.91. The molecular weight excluding hydrogens is 254 g/mol. The quantitative estimate of drug-likeness (QED) is 0.321. The molecule has 1 amide bonds. The number of hydrogen-bond acceptors (Lipinski definition) is 3. The van der Waals surface area contributed by atoms with Crippen molar-refractivity contribution in [3.8, 4) is 0 Å². The van der Waals surface area contributed by atoms with Gasteiger partial charge in [0.2, 0.25) is 5.91 Å². The molecule has 0 heterocycles. The van der Waals surface area contributed by atoms with Gasteiger partial charge >= 0.3 is 0 Å². The fourth-order valence-corrected chi connectivity index (χ4v) is 1.76. The highest BCUT2D eigenvalue weighted by atomic mass is 16.4. The predicted molar refractivity (Wildman–Crippen MR) is 79.7 cm³/mol. The standard InChI is InChI=1S/C15H23N3O2/c1-11-5-4-6-12(9-11)7-8-13(19)17-10-15(2,3)14(16)18-20/h4-6,9,20H,7-8,10H2,1-3H3,(H2,16,18)(H,17,19). The molecule has 0 aromatic heterocycles. The molecule has 0 saturated heterocycles. The molecule has 0 saturated carbocycles. The molecule has 5 heteroatoms. The van der Waals surface area contributed by atoms with Crippen molar-refractivity contribution >= 4 is 11.7 Å². The normalized spacial score (nSPS) is 12.2. The summed E-state index contributed by atoms with van der Waals surface area (Å²) in [6, 6.07) is 8.11. The number of amidine groups is 1. The van der Waals surface area contributed by atoms with E-state index in [-0.39, 0.29) is 11.7 Å². The molecule has 5 nitrogen and oxygen atoms in total. The van der Waals surface area contributed by atoms with Crippen LogP contribution in [0.3, 0.4) is 0 Å². The third-order valence-electron chi connectivity index (χ3n) is 3.25. The van der Waals surface area contributed by atoms with Crippen LogP contribution in [-0.4, -0.2) is 23.5 Å². The Bertz CT molecular complexity index is 496. The van der Waals surface area contributed by atoms with Crippen molar-refractivity contribution in [1.82, 2.24) is 5.32 Å². The first-order valence-corrected chi connectivity index (χ1v) is 6.65. The van der Waals surface area contributed by atoms with Crippen LogP contribution in [0.2, 0.25) is 0 Å². The van der Waals surface area contributed by atoms with Gasteiger partial charge in [0, 0.05) is 18.4 Å². The highest BCUT2D eigenvalue weighted by molar-refractivity contribution is 5.86. The molecule has 1 aromatic carbocycles. The molecule has 0 radical (unpaired) electrons. The fourth-order valence-electron chi connectivity index (χ4n) is 1.76. The summed E-state index contributed by atoms with van der Waals surface area (Å²) in [6.07, 6.45) is 1.13. The number of hydrogen-bond donors (Lipinski definition) is 3. The van der Waals surface area contributed by atoms with E-state index in [9.17, 15) is 4.79 Å². The van der Waals surface area contributed by atoms with Crippen LogP contribution in [0, 0.1) is 12.3 Å². The highest BCUT2D eigenvalue weighted by Crippen LogP contribution is 2.13. The summed E-state index contributed by atoms with van der Waals surface area (Å²) in [5.41, 5.74) is 7.35. The van der Waals surface area contributed by atoms with E-state index in [2.05, 4.69) is 16.5 Å². The molecule has 20 heavy (non-hydrogen) atoms. The summed E-state index contributed by atoms with van der Waals surface area (Å²) in [6.45, 7) is 5.99. The topological polar surface area (TPSA) is 87.7 Å². The number of benzene rings is 1. The fraction of sp³-hybridized carbons (Fsp3) is 0.467. The molecule has 0 aliphatic heterocycles. The summed E-state index contributed by atoms with van der Waals surface area (Å²) in [4.78, 5) is 11.8. The largest absolute Gasteiger partial charge is 0.409 e. The third-order valence-corrected chi connectivity index (χ3v) is 3.25. The second-order valence-corrected chi connectivity index (χ2v) is 5.63. The van der Waals surface area contributed by atoms with E-state index in [1.165, 1.54) is 5.56 Å². The molecule has 1 aromatic rings. The minimum Gasteiger partial charge on any atom is -0.409 e. The van der Waals surface area contributed by atoms with E-state index < -0.39 is 5.41 Å².